The number of halogens is 3. The number of carboxylic acids is 1. The number of rotatable bonds is 6. The molecule has 3 heterocycles. The first-order chi connectivity index (χ1) is 20.8. The smallest absolute Gasteiger partial charge is 0.435 e. The second-order valence-electron chi connectivity index (χ2n) is 10.1. The van der Waals surface area contributed by atoms with Crippen LogP contribution in [0.15, 0.2) is 71.6 Å². The number of aromatic carboxylic acids is 1. The highest BCUT2D eigenvalue weighted by Gasteiger charge is 2.42. The van der Waals surface area contributed by atoms with E-state index in [9.17, 15) is 36.3 Å². The van der Waals surface area contributed by atoms with Gasteiger partial charge in [0.15, 0.2) is 17.2 Å². The Hall–Kier alpha value is -4.89. The van der Waals surface area contributed by atoms with Gasteiger partial charge in [0.05, 0.1) is 21.8 Å². The lowest BCUT2D eigenvalue weighted by molar-refractivity contribution is -0.142. The Morgan fingerprint density at radius 3 is 2.45 bits per heavy atom. The summed E-state index contributed by atoms with van der Waals surface area (Å²) in [5.41, 5.74) is -0.818. The molecule has 1 amide bonds. The average molecular weight is 629 g/mol. The third-order valence-corrected chi connectivity index (χ3v) is 9.24. The quantitative estimate of drug-likeness (QED) is 0.334. The van der Waals surface area contributed by atoms with E-state index in [1.807, 2.05) is 0 Å². The molecule has 0 bridgehead atoms. The van der Waals surface area contributed by atoms with Gasteiger partial charge in [0.2, 0.25) is 16.8 Å². The number of alkyl halides is 3. The van der Waals surface area contributed by atoms with Crippen molar-refractivity contribution < 1.29 is 45.8 Å². The second-order valence-corrected chi connectivity index (χ2v) is 12.0. The summed E-state index contributed by atoms with van der Waals surface area (Å²) in [7, 11) is -2.79. The van der Waals surface area contributed by atoms with Gasteiger partial charge in [-0.3, -0.25) is 4.79 Å². The zero-order chi connectivity index (χ0) is 31.4. The predicted octanol–water partition coefficient (Wildman–Crippen LogP) is 4.34. The lowest BCUT2D eigenvalue weighted by Crippen LogP contribution is -2.37. The summed E-state index contributed by atoms with van der Waals surface area (Å²) in [6.07, 6.45) is -5.02. The maximum absolute atomic E-state index is 14.2. The van der Waals surface area contributed by atoms with Crippen LogP contribution in [0.4, 0.5) is 18.9 Å². The molecule has 0 atom stereocenters. The molecule has 1 aromatic heterocycles. The Bertz CT molecular complexity index is 1920. The lowest BCUT2D eigenvalue weighted by atomic mass is 10.1. The third kappa shape index (κ3) is 5.13. The molecule has 0 fully saturated rings. The number of amides is 1. The first kappa shape index (κ1) is 29.2. The zero-order valence-corrected chi connectivity index (χ0v) is 23.7. The molecule has 6 rings (SSSR count). The largest absolute Gasteiger partial charge is 0.478 e. The van der Waals surface area contributed by atoms with Crippen molar-refractivity contribution in [2.45, 2.75) is 24.0 Å². The number of ether oxygens (including phenoxy) is 2. The number of nitrogens with zero attached hydrogens (tertiary/aromatic N) is 4. The second kappa shape index (κ2) is 10.7. The van der Waals surface area contributed by atoms with Gasteiger partial charge in [-0.05, 0) is 48.5 Å². The van der Waals surface area contributed by atoms with Gasteiger partial charge in [-0.2, -0.15) is 22.6 Å². The molecule has 0 saturated carbocycles. The summed E-state index contributed by atoms with van der Waals surface area (Å²) in [6, 6.07) is 15.6. The summed E-state index contributed by atoms with van der Waals surface area (Å²) in [5.74, 6) is -0.764. The summed E-state index contributed by atoms with van der Waals surface area (Å²) >= 11 is 0. The van der Waals surface area contributed by atoms with Crippen LogP contribution in [0.5, 0.6) is 11.5 Å². The maximum Gasteiger partial charge on any atom is 0.435 e. The standard InChI is InChI=1S/C29H23F3N4O7S/c1-34(19-8-9-24-25(14-19)43-16-42-24)27(37)17-4-2-6-20(12-17)36-23-10-11-35(15-22(23)26(33-36)29(30,31)32)44(40,41)21-7-3-5-18(13-21)28(38)39/h2-9,12-14H,10-11,15-16H2,1H3,(H,38,39). The van der Waals surface area contributed by atoms with Crippen molar-refractivity contribution in [1.82, 2.24) is 14.1 Å². The molecule has 1 N–H and O–H groups in total. The van der Waals surface area contributed by atoms with Crippen LogP contribution in [-0.2, 0) is 29.2 Å². The highest BCUT2D eigenvalue weighted by molar-refractivity contribution is 7.89. The van der Waals surface area contributed by atoms with E-state index in [0.29, 0.717) is 17.2 Å². The van der Waals surface area contributed by atoms with Crippen molar-refractivity contribution in [2.75, 3.05) is 25.3 Å². The number of carbonyl (C=O) groups excluding carboxylic acids is 1. The maximum atomic E-state index is 14.2. The number of carbonyl (C=O) groups is 2. The number of sulfonamides is 1. The van der Waals surface area contributed by atoms with Crippen molar-refractivity contribution in [1.29, 1.82) is 0 Å². The van der Waals surface area contributed by atoms with E-state index in [-0.39, 0.29) is 52.7 Å². The molecule has 0 saturated heterocycles. The number of hydrogen-bond acceptors (Lipinski definition) is 7. The zero-order valence-electron chi connectivity index (χ0n) is 22.9. The van der Waals surface area contributed by atoms with Crippen LogP contribution < -0.4 is 14.4 Å². The minimum atomic E-state index is -4.90. The Labute approximate surface area is 248 Å². The number of carboxylic acid groups (broad SMARTS) is 1. The highest BCUT2D eigenvalue weighted by Crippen LogP contribution is 2.38. The minimum absolute atomic E-state index is 0.0637. The number of aromatic nitrogens is 2. The topological polar surface area (TPSA) is 131 Å². The van der Waals surface area contributed by atoms with E-state index in [0.717, 1.165) is 15.1 Å². The normalized spacial score (nSPS) is 14.7. The van der Waals surface area contributed by atoms with Crippen LogP contribution in [0.25, 0.3) is 5.69 Å². The number of fused-ring (bicyclic) bond motifs is 2. The molecule has 2 aliphatic heterocycles. The molecule has 228 valence electrons. The molecule has 0 aliphatic carbocycles. The number of anilines is 1. The Kier molecular flexibility index (Phi) is 7.08. The van der Waals surface area contributed by atoms with E-state index in [1.54, 1.807) is 25.2 Å². The summed E-state index contributed by atoms with van der Waals surface area (Å²) in [6.45, 7) is -0.745. The van der Waals surface area contributed by atoms with E-state index < -0.39 is 40.3 Å². The molecule has 44 heavy (non-hydrogen) atoms. The molecule has 2 aliphatic rings. The van der Waals surface area contributed by atoms with E-state index in [2.05, 4.69) is 5.10 Å². The predicted molar refractivity (Wildman–Crippen MR) is 149 cm³/mol. The van der Waals surface area contributed by atoms with Gasteiger partial charge >= 0.3 is 12.1 Å². The van der Waals surface area contributed by atoms with Gasteiger partial charge in [0.1, 0.15) is 0 Å². The lowest BCUT2D eigenvalue weighted by Gasteiger charge is -2.27. The molecule has 4 aromatic rings. The molecule has 11 nitrogen and oxygen atoms in total. The molecule has 15 heteroatoms. The van der Waals surface area contributed by atoms with Crippen LogP contribution in [0.2, 0.25) is 0 Å². The first-order valence-electron chi connectivity index (χ1n) is 13.1. The van der Waals surface area contributed by atoms with Crippen molar-refractivity contribution in [3.63, 3.8) is 0 Å². The SMILES string of the molecule is CN(C(=O)c1cccc(-n2nc(C(F)(F)F)c3c2CCN(S(=O)(=O)c2cccc(C(=O)O)c2)C3)c1)c1ccc2c(c1)OCO2. The molecule has 0 radical (unpaired) electrons. The summed E-state index contributed by atoms with van der Waals surface area (Å²) in [5, 5.41) is 13.1. The van der Waals surface area contributed by atoms with Crippen LogP contribution in [-0.4, -0.2) is 59.9 Å². The fraction of sp³-hybridized carbons (Fsp3) is 0.207. The van der Waals surface area contributed by atoms with Gasteiger partial charge in [0, 0.05) is 49.4 Å². The van der Waals surface area contributed by atoms with E-state index in [1.165, 1.54) is 47.4 Å². The van der Waals surface area contributed by atoms with E-state index >= 15 is 0 Å². The van der Waals surface area contributed by atoms with Crippen LogP contribution >= 0.6 is 0 Å². The van der Waals surface area contributed by atoms with Crippen molar-refractivity contribution >= 4 is 27.6 Å². The number of hydrogen-bond donors (Lipinski definition) is 1. The Morgan fingerprint density at radius 2 is 1.70 bits per heavy atom. The van der Waals surface area contributed by atoms with Crippen molar-refractivity contribution in [3.05, 3.63) is 94.8 Å². The minimum Gasteiger partial charge on any atom is -0.478 e. The fourth-order valence-electron chi connectivity index (χ4n) is 5.15. The third-order valence-electron chi connectivity index (χ3n) is 7.40. The number of benzene rings is 3. The van der Waals surface area contributed by atoms with E-state index in [4.69, 9.17) is 9.47 Å². The highest BCUT2D eigenvalue weighted by atomic mass is 32.2. The van der Waals surface area contributed by atoms with Crippen LogP contribution in [0, 0.1) is 0 Å². The van der Waals surface area contributed by atoms with Crippen molar-refractivity contribution in [3.8, 4) is 17.2 Å². The monoisotopic (exact) mass is 628 g/mol. The summed E-state index contributed by atoms with van der Waals surface area (Å²) < 4.78 is 81.9. The molecular weight excluding hydrogens is 605 g/mol. The molecule has 0 spiro atoms. The fourth-order valence-corrected chi connectivity index (χ4v) is 6.61. The van der Waals surface area contributed by atoms with Crippen LogP contribution in [0.1, 0.15) is 37.7 Å². The average Bonchev–Trinajstić information content (AvgIpc) is 3.64. The van der Waals surface area contributed by atoms with Gasteiger partial charge in [-0.15, -0.1) is 0 Å². The van der Waals surface area contributed by atoms with Gasteiger partial charge in [-0.1, -0.05) is 12.1 Å². The molecule has 0 unspecified atom stereocenters. The van der Waals surface area contributed by atoms with Gasteiger partial charge in [0.25, 0.3) is 5.91 Å². The van der Waals surface area contributed by atoms with Gasteiger partial charge < -0.3 is 19.5 Å². The Balaban J connectivity index is 1.33. The van der Waals surface area contributed by atoms with Crippen LogP contribution in [0.3, 0.4) is 0 Å². The van der Waals surface area contributed by atoms with Crippen molar-refractivity contribution in [2.24, 2.45) is 0 Å². The molecule has 3 aromatic carbocycles. The summed E-state index contributed by atoms with van der Waals surface area (Å²) in [4.78, 5) is 25.7. The Morgan fingerprint density at radius 1 is 0.977 bits per heavy atom. The first-order valence-corrected chi connectivity index (χ1v) is 14.6. The molecular formula is C29H23F3N4O7S. The van der Waals surface area contributed by atoms with Gasteiger partial charge in [-0.25, -0.2) is 17.9 Å².